The average Bonchev–Trinajstić information content (AvgIpc) is 2.84. The van der Waals surface area contributed by atoms with E-state index < -0.39 is 0 Å². The van der Waals surface area contributed by atoms with Crippen LogP contribution in [0.4, 0.5) is 5.13 Å². The average molecular weight is 223 g/mol. The van der Waals surface area contributed by atoms with Gasteiger partial charge < -0.3 is 5.32 Å². The van der Waals surface area contributed by atoms with E-state index in [0.717, 1.165) is 16.9 Å². The third kappa shape index (κ3) is 2.14. The van der Waals surface area contributed by atoms with Crippen LogP contribution < -0.4 is 5.32 Å². The summed E-state index contributed by atoms with van der Waals surface area (Å²) in [6.45, 7) is 2.33. The lowest BCUT2D eigenvalue weighted by molar-refractivity contribution is 0.602. The van der Waals surface area contributed by atoms with E-state index in [-0.39, 0.29) is 0 Å². The predicted molar refractivity (Wildman–Crippen MR) is 62.3 cm³/mol. The fraction of sp³-hybridized carbons (Fsp3) is 0.818. The summed E-state index contributed by atoms with van der Waals surface area (Å²) in [6, 6.07) is 0.639. The maximum absolute atomic E-state index is 4.56. The van der Waals surface area contributed by atoms with Crippen molar-refractivity contribution in [1.82, 2.24) is 9.36 Å². The molecule has 0 aliphatic heterocycles. The van der Waals surface area contributed by atoms with Crippen molar-refractivity contribution in [2.75, 3.05) is 5.32 Å². The molecule has 1 N–H and O–H groups in total. The van der Waals surface area contributed by atoms with Gasteiger partial charge in [0.1, 0.15) is 5.82 Å². The molecule has 0 amide bonds. The van der Waals surface area contributed by atoms with Crippen LogP contribution in [0.2, 0.25) is 0 Å². The topological polar surface area (TPSA) is 37.8 Å². The Hall–Kier alpha value is -0.640. The molecular formula is C11H17N3S. The van der Waals surface area contributed by atoms with Crippen LogP contribution in [0.15, 0.2) is 0 Å². The largest absolute Gasteiger partial charge is 0.358 e. The van der Waals surface area contributed by atoms with Crippen LogP contribution in [0.1, 0.15) is 50.8 Å². The van der Waals surface area contributed by atoms with Crippen molar-refractivity contribution in [3.05, 3.63) is 5.82 Å². The molecule has 2 unspecified atom stereocenters. The monoisotopic (exact) mass is 223 g/mol. The highest BCUT2D eigenvalue weighted by atomic mass is 32.1. The minimum Gasteiger partial charge on any atom is -0.358 e. The Morgan fingerprint density at radius 2 is 2.13 bits per heavy atom. The number of nitrogens with zero attached hydrogens (tertiary/aromatic N) is 2. The Balaban J connectivity index is 1.61. The number of anilines is 1. The molecule has 3 nitrogen and oxygen atoms in total. The molecule has 82 valence electrons. The van der Waals surface area contributed by atoms with Gasteiger partial charge in [-0.1, -0.05) is 6.92 Å². The van der Waals surface area contributed by atoms with Gasteiger partial charge in [-0.25, -0.2) is 4.98 Å². The van der Waals surface area contributed by atoms with Gasteiger partial charge in [0.15, 0.2) is 0 Å². The molecule has 3 rings (SSSR count). The minimum absolute atomic E-state index is 0.639. The Bertz CT molecular complexity index is 345. The van der Waals surface area contributed by atoms with Gasteiger partial charge in [0.25, 0.3) is 0 Å². The summed E-state index contributed by atoms with van der Waals surface area (Å²) in [6.07, 6.45) is 6.51. The number of hydrogen-bond acceptors (Lipinski definition) is 4. The molecule has 0 spiro atoms. The fourth-order valence-electron chi connectivity index (χ4n) is 2.31. The summed E-state index contributed by atoms with van der Waals surface area (Å²) in [5.74, 6) is 2.63. The smallest absolute Gasteiger partial charge is 0.202 e. The summed E-state index contributed by atoms with van der Waals surface area (Å²) in [5.41, 5.74) is 0. The molecule has 0 bridgehead atoms. The van der Waals surface area contributed by atoms with Crippen molar-refractivity contribution >= 4 is 16.7 Å². The first-order valence-electron chi connectivity index (χ1n) is 5.91. The highest BCUT2D eigenvalue weighted by Crippen LogP contribution is 2.39. The van der Waals surface area contributed by atoms with Gasteiger partial charge >= 0.3 is 0 Å². The maximum Gasteiger partial charge on any atom is 0.202 e. The molecule has 0 saturated heterocycles. The molecule has 0 aromatic carbocycles. The minimum atomic E-state index is 0.639. The van der Waals surface area contributed by atoms with E-state index in [9.17, 15) is 0 Å². The van der Waals surface area contributed by atoms with Crippen LogP contribution in [-0.2, 0) is 0 Å². The van der Waals surface area contributed by atoms with Crippen LogP contribution in [0, 0.1) is 5.92 Å². The molecule has 2 fully saturated rings. The van der Waals surface area contributed by atoms with Gasteiger partial charge in [-0.2, -0.15) is 4.37 Å². The first-order valence-corrected chi connectivity index (χ1v) is 6.69. The highest BCUT2D eigenvalue weighted by molar-refractivity contribution is 7.09. The van der Waals surface area contributed by atoms with Gasteiger partial charge in [0.2, 0.25) is 5.13 Å². The van der Waals surface area contributed by atoms with Crippen molar-refractivity contribution in [2.24, 2.45) is 5.92 Å². The van der Waals surface area contributed by atoms with E-state index in [4.69, 9.17) is 0 Å². The van der Waals surface area contributed by atoms with Crippen LogP contribution in [0.5, 0.6) is 0 Å². The summed E-state index contributed by atoms with van der Waals surface area (Å²) >= 11 is 1.53. The van der Waals surface area contributed by atoms with Crippen molar-refractivity contribution < 1.29 is 0 Å². The second kappa shape index (κ2) is 3.74. The zero-order chi connectivity index (χ0) is 10.3. The molecule has 1 heterocycles. The van der Waals surface area contributed by atoms with Crippen molar-refractivity contribution in [3.63, 3.8) is 0 Å². The molecule has 0 radical (unpaired) electrons. The van der Waals surface area contributed by atoms with Crippen LogP contribution >= 0.6 is 11.5 Å². The molecule has 2 aliphatic carbocycles. The zero-order valence-electron chi connectivity index (χ0n) is 9.07. The molecule has 1 aromatic heterocycles. The third-order valence-electron chi connectivity index (χ3n) is 3.41. The molecule has 2 aliphatic rings. The molecule has 4 heteroatoms. The lowest BCUT2D eigenvalue weighted by Gasteiger charge is -2.09. The van der Waals surface area contributed by atoms with Gasteiger partial charge in [-0.15, -0.1) is 0 Å². The normalized spacial score (nSPS) is 30.7. The lowest BCUT2D eigenvalue weighted by atomic mass is 10.1. The molecule has 2 saturated carbocycles. The quantitative estimate of drug-likeness (QED) is 0.856. The van der Waals surface area contributed by atoms with Gasteiger partial charge in [-0.3, -0.25) is 0 Å². The number of aromatic nitrogens is 2. The molecular weight excluding hydrogens is 206 g/mol. The maximum atomic E-state index is 4.56. The fourth-order valence-corrected chi connectivity index (χ4v) is 3.04. The standard InChI is InChI=1S/C11H17N3S/c1-7-2-5-9(6-7)12-11-13-10(14-15-11)8-3-4-8/h7-9H,2-6H2,1H3,(H,12,13,14). The Kier molecular flexibility index (Phi) is 2.39. The number of rotatable bonds is 3. The van der Waals surface area contributed by atoms with E-state index in [1.54, 1.807) is 0 Å². The summed E-state index contributed by atoms with van der Waals surface area (Å²) < 4.78 is 4.41. The van der Waals surface area contributed by atoms with Gasteiger partial charge in [0, 0.05) is 23.5 Å². The first-order chi connectivity index (χ1) is 7.31. The lowest BCUT2D eigenvalue weighted by Crippen LogP contribution is -2.14. The van der Waals surface area contributed by atoms with Gasteiger partial charge in [-0.05, 0) is 38.0 Å². The van der Waals surface area contributed by atoms with Crippen LogP contribution in [-0.4, -0.2) is 15.4 Å². The number of hydrogen-bond donors (Lipinski definition) is 1. The van der Waals surface area contributed by atoms with E-state index in [1.807, 2.05) is 0 Å². The zero-order valence-corrected chi connectivity index (χ0v) is 9.89. The second-order valence-electron chi connectivity index (χ2n) is 4.99. The van der Waals surface area contributed by atoms with Gasteiger partial charge in [0.05, 0.1) is 0 Å². The van der Waals surface area contributed by atoms with E-state index in [1.165, 1.54) is 43.6 Å². The first kappa shape index (κ1) is 9.58. The second-order valence-corrected chi connectivity index (χ2v) is 5.74. The molecule has 2 atom stereocenters. The third-order valence-corrected chi connectivity index (χ3v) is 4.07. The number of nitrogens with one attached hydrogen (secondary N) is 1. The van der Waals surface area contributed by atoms with E-state index >= 15 is 0 Å². The van der Waals surface area contributed by atoms with Crippen LogP contribution in [0.25, 0.3) is 0 Å². The van der Waals surface area contributed by atoms with Crippen molar-refractivity contribution in [1.29, 1.82) is 0 Å². The Labute approximate surface area is 94.5 Å². The van der Waals surface area contributed by atoms with E-state index in [2.05, 4.69) is 21.6 Å². The highest BCUT2D eigenvalue weighted by Gasteiger charge is 2.28. The predicted octanol–water partition coefficient (Wildman–Crippen LogP) is 3.02. The van der Waals surface area contributed by atoms with Crippen molar-refractivity contribution in [3.8, 4) is 0 Å². The molecule has 1 aromatic rings. The summed E-state index contributed by atoms with van der Waals surface area (Å²) in [5, 5.41) is 4.56. The van der Waals surface area contributed by atoms with Crippen molar-refractivity contribution in [2.45, 2.75) is 51.0 Å². The Morgan fingerprint density at radius 1 is 1.27 bits per heavy atom. The SMILES string of the molecule is CC1CCC(Nc2nc(C3CC3)ns2)C1. The van der Waals surface area contributed by atoms with E-state index in [0.29, 0.717) is 12.0 Å². The van der Waals surface area contributed by atoms with Crippen LogP contribution in [0.3, 0.4) is 0 Å². The molecule has 15 heavy (non-hydrogen) atoms. The summed E-state index contributed by atoms with van der Waals surface area (Å²) in [7, 11) is 0. The summed E-state index contributed by atoms with van der Waals surface area (Å²) in [4.78, 5) is 4.56. The Morgan fingerprint density at radius 3 is 2.80 bits per heavy atom.